The second-order valence-electron chi connectivity index (χ2n) is 8.06. The summed E-state index contributed by atoms with van der Waals surface area (Å²) in [5.74, 6) is 0.741. The Balaban J connectivity index is 1.23. The Morgan fingerprint density at radius 2 is 2.17 bits per heavy atom. The summed E-state index contributed by atoms with van der Waals surface area (Å²) in [6, 6.07) is 4.69. The molecule has 2 amide bonds. The Labute approximate surface area is 168 Å². The van der Waals surface area contributed by atoms with Crippen LogP contribution in [0.3, 0.4) is 0 Å². The average Bonchev–Trinajstić information content (AvgIpc) is 3.15. The van der Waals surface area contributed by atoms with Gasteiger partial charge in [0.25, 0.3) is 0 Å². The molecule has 1 aromatic carbocycles. The summed E-state index contributed by atoms with van der Waals surface area (Å²) in [6.45, 7) is 3.53. The van der Waals surface area contributed by atoms with Gasteiger partial charge in [-0.3, -0.25) is 10.1 Å². The maximum absolute atomic E-state index is 14.5. The van der Waals surface area contributed by atoms with Crippen LogP contribution in [-0.4, -0.2) is 35.0 Å². The third kappa shape index (κ3) is 4.26. The van der Waals surface area contributed by atoms with Crippen LogP contribution in [0.1, 0.15) is 37.5 Å². The van der Waals surface area contributed by atoms with Crippen LogP contribution >= 0.6 is 0 Å². The van der Waals surface area contributed by atoms with Crippen LogP contribution in [0.25, 0.3) is 0 Å². The second kappa shape index (κ2) is 7.85. The van der Waals surface area contributed by atoms with Crippen molar-refractivity contribution in [2.45, 2.75) is 39.2 Å². The van der Waals surface area contributed by atoms with Crippen molar-refractivity contribution in [1.29, 1.82) is 0 Å². The summed E-state index contributed by atoms with van der Waals surface area (Å²) in [6.07, 6.45) is 5.31. The number of aromatic nitrogens is 1. The number of carbonyl (C=O) groups is 2. The van der Waals surface area contributed by atoms with Crippen molar-refractivity contribution in [1.82, 2.24) is 9.88 Å². The van der Waals surface area contributed by atoms with Gasteiger partial charge in [-0.25, -0.2) is 14.2 Å². The van der Waals surface area contributed by atoms with E-state index < -0.39 is 6.09 Å². The number of amides is 2. The molecule has 2 fully saturated rings. The number of hydrogen-bond donors (Lipinski definition) is 1. The van der Waals surface area contributed by atoms with Crippen LogP contribution in [-0.2, 0) is 22.6 Å². The number of nitrogens with one attached hydrogen (secondary N) is 1. The number of nitrogens with zero attached hydrogens (tertiary/aromatic N) is 2. The fourth-order valence-corrected chi connectivity index (χ4v) is 4.44. The van der Waals surface area contributed by atoms with E-state index in [0.717, 1.165) is 25.9 Å². The van der Waals surface area contributed by atoms with E-state index in [0.29, 0.717) is 35.8 Å². The number of rotatable bonds is 6. The van der Waals surface area contributed by atoms with Gasteiger partial charge in [0.2, 0.25) is 5.91 Å². The first-order valence-electron chi connectivity index (χ1n) is 9.84. The maximum atomic E-state index is 14.5. The molecule has 1 N–H and O–H groups in total. The molecule has 1 spiro atoms. The first-order chi connectivity index (χ1) is 14.0. The molecule has 4 rings (SSSR count). The zero-order valence-electron chi connectivity index (χ0n) is 16.3. The molecule has 7 nitrogen and oxygen atoms in total. The van der Waals surface area contributed by atoms with E-state index in [1.165, 1.54) is 18.7 Å². The zero-order chi connectivity index (χ0) is 20.4. The molecular weight excluding hydrogens is 377 g/mol. The average molecular weight is 401 g/mol. The third-order valence-electron chi connectivity index (χ3n) is 5.79. The van der Waals surface area contributed by atoms with E-state index in [1.54, 1.807) is 12.1 Å². The molecular formula is C21H24FN3O4. The number of halogens is 1. The van der Waals surface area contributed by atoms with E-state index in [9.17, 15) is 14.0 Å². The lowest BCUT2D eigenvalue weighted by atomic mass is 9.56. The number of likely N-dealkylation sites (tertiary alicyclic amines) is 1. The van der Waals surface area contributed by atoms with Crippen LogP contribution in [0.15, 0.2) is 35.2 Å². The normalized spacial score (nSPS) is 17.5. The van der Waals surface area contributed by atoms with E-state index in [-0.39, 0.29) is 23.7 Å². The third-order valence-corrected chi connectivity index (χ3v) is 5.79. The number of carbonyl (C=O) groups excluding carboxylic acids is 2. The Hall–Kier alpha value is -2.90. The van der Waals surface area contributed by atoms with Gasteiger partial charge >= 0.3 is 6.09 Å². The van der Waals surface area contributed by atoms with Crippen LogP contribution in [0, 0.1) is 17.2 Å². The highest BCUT2D eigenvalue weighted by Gasteiger charge is 2.53. The molecule has 2 aromatic rings. The fraction of sp³-hybridized carbons (Fsp3) is 0.476. The summed E-state index contributed by atoms with van der Waals surface area (Å²) >= 11 is 0. The molecule has 0 atom stereocenters. The highest BCUT2D eigenvalue weighted by atomic mass is 19.1. The van der Waals surface area contributed by atoms with Crippen LogP contribution in [0.2, 0.25) is 0 Å². The van der Waals surface area contributed by atoms with Crippen LogP contribution in [0.4, 0.5) is 14.9 Å². The monoisotopic (exact) mass is 401 g/mol. The molecule has 0 radical (unpaired) electrons. The molecule has 2 aliphatic rings. The van der Waals surface area contributed by atoms with E-state index in [4.69, 9.17) is 9.15 Å². The molecule has 1 aliphatic heterocycles. The van der Waals surface area contributed by atoms with Gasteiger partial charge in [0.1, 0.15) is 5.82 Å². The molecule has 1 aliphatic carbocycles. The van der Waals surface area contributed by atoms with Crippen molar-refractivity contribution in [2.24, 2.45) is 11.3 Å². The Bertz CT molecular complexity index is 885. The van der Waals surface area contributed by atoms with Crippen LogP contribution in [0.5, 0.6) is 0 Å². The summed E-state index contributed by atoms with van der Waals surface area (Å²) in [4.78, 5) is 29.1. The van der Waals surface area contributed by atoms with Gasteiger partial charge in [-0.05, 0) is 42.9 Å². The highest BCUT2D eigenvalue weighted by Crippen LogP contribution is 2.53. The van der Waals surface area contributed by atoms with E-state index in [1.807, 2.05) is 11.8 Å². The predicted octanol–water partition coefficient (Wildman–Crippen LogP) is 3.75. The molecule has 2 heterocycles. The predicted molar refractivity (Wildman–Crippen MR) is 102 cm³/mol. The van der Waals surface area contributed by atoms with Crippen molar-refractivity contribution in [3.05, 3.63) is 47.9 Å². The second-order valence-corrected chi connectivity index (χ2v) is 8.06. The number of oxazole rings is 1. The molecule has 0 unspecified atom stereocenters. The fourth-order valence-electron chi connectivity index (χ4n) is 4.44. The lowest BCUT2D eigenvalue weighted by molar-refractivity contribution is -0.154. The first kappa shape index (κ1) is 19.4. The molecule has 1 saturated heterocycles. The van der Waals surface area contributed by atoms with Gasteiger partial charge in [0, 0.05) is 30.6 Å². The minimum Gasteiger partial charge on any atom is -0.445 e. The van der Waals surface area contributed by atoms with Crippen molar-refractivity contribution in [2.75, 3.05) is 18.4 Å². The SMILES string of the molecule is CCC(=O)N1CC2(CC(Cc3ccc(NC(=O)OCc4cnco4)cc3F)C2)C1. The molecule has 0 bridgehead atoms. The summed E-state index contributed by atoms with van der Waals surface area (Å²) < 4.78 is 24.4. The molecule has 1 aromatic heterocycles. The van der Waals surface area contributed by atoms with Gasteiger partial charge in [0.05, 0.1) is 6.20 Å². The Morgan fingerprint density at radius 1 is 1.38 bits per heavy atom. The van der Waals surface area contributed by atoms with Gasteiger partial charge < -0.3 is 14.1 Å². The van der Waals surface area contributed by atoms with Gasteiger partial charge in [0.15, 0.2) is 18.8 Å². The largest absolute Gasteiger partial charge is 0.445 e. The molecule has 1 saturated carbocycles. The van der Waals surface area contributed by atoms with E-state index >= 15 is 0 Å². The number of hydrogen-bond acceptors (Lipinski definition) is 5. The quantitative estimate of drug-likeness (QED) is 0.797. The molecule has 8 heteroatoms. The lowest BCUT2D eigenvalue weighted by Gasteiger charge is -2.59. The standard InChI is InChI=1S/C21H24FN3O4/c1-2-19(26)25-11-21(12-25)7-14(8-21)5-15-3-4-16(6-18(15)22)24-20(27)28-10-17-9-23-13-29-17/h3-4,6,9,13-14H,2,5,7-8,10-12H2,1H3,(H,24,27). The highest BCUT2D eigenvalue weighted by molar-refractivity contribution is 5.84. The minimum absolute atomic E-state index is 0.0445. The van der Waals surface area contributed by atoms with Crippen molar-refractivity contribution in [3.63, 3.8) is 0 Å². The van der Waals surface area contributed by atoms with Gasteiger partial charge in [-0.1, -0.05) is 13.0 Å². The van der Waals surface area contributed by atoms with Gasteiger partial charge in [-0.15, -0.1) is 0 Å². The van der Waals surface area contributed by atoms with Crippen molar-refractivity contribution >= 4 is 17.7 Å². The summed E-state index contributed by atoms with van der Waals surface area (Å²) in [7, 11) is 0. The zero-order valence-corrected chi connectivity index (χ0v) is 16.3. The Kier molecular flexibility index (Phi) is 5.25. The maximum Gasteiger partial charge on any atom is 0.412 e. The smallest absolute Gasteiger partial charge is 0.412 e. The molecule has 154 valence electrons. The summed E-state index contributed by atoms with van der Waals surface area (Å²) in [5.41, 5.74) is 1.25. The van der Waals surface area contributed by atoms with E-state index in [2.05, 4.69) is 10.3 Å². The lowest BCUT2D eigenvalue weighted by Crippen LogP contribution is -2.63. The Morgan fingerprint density at radius 3 is 2.83 bits per heavy atom. The minimum atomic E-state index is -0.689. The number of benzene rings is 1. The molecule has 29 heavy (non-hydrogen) atoms. The topological polar surface area (TPSA) is 84.7 Å². The first-order valence-corrected chi connectivity index (χ1v) is 9.84. The number of anilines is 1. The number of ether oxygens (including phenoxy) is 1. The summed E-state index contributed by atoms with van der Waals surface area (Å²) in [5, 5.41) is 2.51. The van der Waals surface area contributed by atoms with Gasteiger partial charge in [-0.2, -0.15) is 0 Å². The van der Waals surface area contributed by atoms with Crippen molar-refractivity contribution in [3.8, 4) is 0 Å². The van der Waals surface area contributed by atoms with Crippen molar-refractivity contribution < 1.29 is 23.1 Å². The van der Waals surface area contributed by atoms with Crippen LogP contribution < -0.4 is 5.32 Å².